The molecule has 0 bridgehead atoms. The Kier molecular flexibility index (Phi) is 4.93. The summed E-state index contributed by atoms with van der Waals surface area (Å²) in [7, 11) is 0.845. The van der Waals surface area contributed by atoms with E-state index in [1.807, 2.05) is 54.2 Å². The lowest BCUT2D eigenvalue weighted by Gasteiger charge is -2.25. The monoisotopic (exact) mass is 415 g/mol. The molecule has 0 spiro atoms. The predicted octanol–water partition coefficient (Wildman–Crippen LogP) is 2.67. The lowest BCUT2D eigenvalue weighted by molar-refractivity contribution is 0.100. The molecule has 0 N–H and O–H groups in total. The molecule has 2 aliphatic heterocycles. The first kappa shape index (κ1) is 19.0. The molecule has 2 aromatic carbocycles. The zero-order chi connectivity index (χ0) is 19.9. The molecule has 0 aromatic heterocycles. The number of thioether (sulfide) groups is 1. The standard InChI is InChI=1S/C20H21N3O3S2/c1-22(2)15-8-10-16(11-9-15)23-17-12-28(25,26)13-18(17)27-20(23)21-19(24)14-6-4-3-5-7-14/h3-11,17-18H,12-13H2,1-2H3/t17-,18+/m0/s1. The first-order valence-electron chi connectivity index (χ1n) is 8.96. The maximum atomic E-state index is 12.6. The minimum Gasteiger partial charge on any atom is -0.378 e. The van der Waals surface area contributed by atoms with Gasteiger partial charge in [-0.2, -0.15) is 4.99 Å². The van der Waals surface area contributed by atoms with E-state index in [-0.39, 0.29) is 28.7 Å². The molecule has 146 valence electrons. The number of carbonyl (C=O) groups is 1. The summed E-state index contributed by atoms with van der Waals surface area (Å²) < 4.78 is 24.3. The van der Waals surface area contributed by atoms with E-state index in [0.29, 0.717) is 10.7 Å². The minimum atomic E-state index is -3.08. The summed E-state index contributed by atoms with van der Waals surface area (Å²) in [6.07, 6.45) is 0. The second kappa shape index (κ2) is 7.25. The van der Waals surface area contributed by atoms with E-state index in [4.69, 9.17) is 0 Å². The summed E-state index contributed by atoms with van der Waals surface area (Å²) in [6.45, 7) is 0. The van der Waals surface area contributed by atoms with Crippen LogP contribution in [0.25, 0.3) is 0 Å². The van der Waals surface area contributed by atoms with Crippen LogP contribution in [0.5, 0.6) is 0 Å². The Hall–Kier alpha value is -2.32. The molecule has 6 nitrogen and oxygen atoms in total. The number of amides is 1. The average molecular weight is 416 g/mol. The van der Waals surface area contributed by atoms with Crippen LogP contribution < -0.4 is 9.80 Å². The lowest BCUT2D eigenvalue weighted by Crippen LogP contribution is -2.37. The third kappa shape index (κ3) is 3.66. The van der Waals surface area contributed by atoms with Crippen LogP contribution in [-0.2, 0) is 9.84 Å². The third-order valence-electron chi connectivity index (χ3n) is 4.93. The number of fused-ring (bicyclic) bond motifs is 1. The summed E-state index contributed by atoms with van der Waals surface area (Å²) >= 11 is 1.39. The number of hydrogen-bond donors (Lipinski definition) is 0. The van der Waals surface area contributed by atoms with Crippen molar-refractivity contribution in [1.29, 1.82) is 0 Å². The highest BCUT2D eigenvalue weighted by Gasteiger charge is 2.49. The van der Waals surface area contributed by atoms with E-state index in [0.717, 1.165) is 11.4 Å². The van der Waals surface area contributed by atoms with Gasteiger partial charge in [0.05, 0.1) is 17.5 Å². The molecule has 4 rings (SSSR count). The minimum absolute atomic E-state index is 0.0820. The summed E-state index contributed by atoms with van der Waals surface area (Å²) in [6, 6.07) is 16.6. The van der Waals surface area contributed by atoms with Crippen LogP contribution in [0.3, 0.4) is 0 Å². The van der Waals surface area contributed by atoms with E-state index in [1.54, 1.807) is 24.3 Å². The quantitative estimate of drug-likeness (QED) is 0.768. The molecule has 0 radical (unpaired) electrons. The normalized spacial score (nSPS) is 24.4. The van der Waals surface area contributed by atoms with Gasteiger partial charge >= 0.3 is 0 Å². The van der Waals surface area contributed by atoms with Crippen molar-refractivity contribution in [3.05, 3.63) is 60.2 Å². The Labute approximate surface area is 169 Å². The zero-order valence-electron chi connectivity index (χ0n) is 15.6. The van der Waals surface area contributed by atoms with Gasteiger partial charge in [0.25, 0.3) is 5.91 Å². The van der Waals surface area contributed by atoms with Gasteiger partial charge in [0.1, 0.15) is 0 Å². The second-order valence-corrected chi connectivity index (χ2v) is 10.5. The summed E-state index contributed by atoms with van der Waals surface area (Å²) in [5.74, 6) is -0.118. The van der Waals surface area contributed by atoms with Crippen molar-refractivity contribution in [2.24, 2.45) is 4.99 Å². The Morgan fingerprint density at radius 3 is 2.39 bits per heavy atom. The predicted molar refractivity (Wildman–Crippen MR) is 115 cm³/mol. The van der Waals surface area contributed by atoms with Gasteiger partial charge in [-0.1, -0.05) is 30.0 Å². The van der Waals surface area contributed by atoms with Crippen molar-refractivity contribution in [3.8, 4) is 0 Å². The highest BCUT2D eigenvalue weighted by atomic mass is 32.2. The first-order valence-corrected chi connectivity index (χ1v) is 11.7. The molecule has 1 amide bonds. The van der Waals surface area contributed by atoms with Crippen LogP contribution in [0.1, 0.15) is 10.4 Å². The van der Waals surface area contributed by atoms with Crippen molar-refractivity contribution in [3.63, 3.8) is 0 Å². The maximum absolute atomic E-state index is 12.6. The topological polar surface area (TPSA) is 70.0 Å². The lowest BCUT2D eigenvalue weighted by atomic mass is 10.2. The SMILES string of the molecule is CN(C)c1ccc(N2C(=NC(=O)c3ccccc3)S[C@@H]3CS(=O)(=O)C[C@@H]32)cc1. The molecule has 2 saturated heterocycles. The van der Waals surface area contributed by atoms with Crippen LogP contribution in [-0.4, -0.2) is 56.4 Å². The molecular weight excluding hydrogens is 394 g/mol. The Balaban J connectivity index is 1.71. The molecule has 2 aliphatic rings. The highest BCUT2D eigenvalue weighted by molar-refractivity contribution is 8.16. The Morgan fingerprint density at radius 2 is 1.75 bits per heavy atom. The summed E-state index contributed by atoms with van der Waals surface area (Å²) in [5.41, 5.74) is 2.41. The average Bonchev–Trinajstić information content (AvgIpc) is 3.13. The van der Waals surface area contributed by atoms with Gasteiger partial charge in [-0.05, 0) is 36.4 Å². The van der Waals surface area contributed by atoms with Gasteiger partial charge in [0.15, 0.2) is 15.0 Å². The number of anilines is 2. The van der Waals surface area contributed by atoms with Gasteiger partial charge in [-0.15, -0.1) is 0 Å². The Bertz CT molecular complexity index is 1020. The maximum Gasteiger partial charge on any atom is 0.279 e. The number of aliphatic imine (C=N–C) groups is 1. The third-order valence-corrected chi connectivity index (χ3v) is 8.14. The van der Waals surface area contributed by atoms with Gasteiger partial charge < -0.3 is 9.80 Å². The molecular formula is C20H21N3O3S2. The van der Waals surface area contributed by atoms with Gasteiger partial charge in [0.2, 0.25) is 0 Å². The van der Waals surface area contributed by atoms with Crippen LogP contribution >= 0.6 is 11.8 Å². The smallest absolute Gasteiger partial charge is 0.279 e. The number of carbonyl (C=O) groups excluding carboxylic acids is 1. The summed E-state index contributed by atoms with van der Waals surface area (Å²) in [4.78, 5) is 20.9. The van der Waals surface area contributed by atoms with Gasteiger partial charge in [-0.25, -0.2) is 8.42 Å². The molecule has 2 aromatic rings. The molecule has 0 aliphatic carbocycles. The molecule has 2 fully saturated rings. The molecule has 8 heteroatoms. The number of hydrogen-bond acceptors (Lipinski definition) is 5. The van der Waals surface area contributed by atoms with Crippen LogP contribution in [0.2, 0.25) is 0 Å². The van der Waals surface area contributed by atoms with E-state index >= 15 is 0 Å². The molecule has 0 saturated carbocycles. The molecule has 2 atom stereocenters. The fraction of sp³-hybridized carbons (Fsp3) is 0.300. The summed E-state index contributed by atoms with van der Waals surface area (Å²) in [5, 5.41) is 0.456. The molecule has 0 unspecified atom stereocenters. The number of nitrogens with zero attached hydrogens (tertiary/aromatic N) is 3. The molecule has 2 heterocycles. The fourth-order valence-corrected chi connectivity index (χ4v) is 7.42. The van der Waals surface area contributed by atoms with Crippen molar-refractivity contribution in [2.45, 2.75) is 11.3 Å². The van der Waals surface area contributed by atoms with E-state index in [1.165, 1.54) is 11.8 Å². The highest BCUT2D eigenvalue weighted by Crippen LogP contribution is 2.41. The number of rotatable bonds is 3. The number of amidine groups is 1. The van der Waals surface area contributed by atoms with Crippen LogP contribution in [0.15, 0.2) is 59.6 Å². The van der Waals surface area contributed by atoms with Crippen LogP contribution in [0, 0.1) is 0 Å². The second-order valence-electron chi connectivity index (χ2n) is 7.15. The Morgan fingerprint density at radius 1 is 1.07 bits per heavy atom. The zero-order valence-corrected chi connectivity index (χ0v) is 17.3. The van der Waals surface area contributed by atoms with E-state index < -0.39 is 9.84 Å². The van der Waals surface area contributed by atoms with Crippen molar-refractivity contribution >= 4 is 44.0 Å². The number of benzene rings is 2. The number of sulfone groups is 1. The van der Waals surface area contributed by atoms with E-state index in [9.17, 15) is 13.2 Å². The fourth-order valence-electron chi connectivity index (χ4n) is 3.51. The van der Waals surface area contributed by atoms with Crippen molar-refractivity contribution in [2.75, 3.05) is 35.4 Å². The molecule has 28 heavy (non-hydrogen) atoms. The van der Waals surface area contributed by atoms with E-state index in [2.05, 4.69) is 4.99 Å². The van der Waals surface area contributed by atoms with Crippen molar-refractivity contribution < 1.29 is 13.2 Å². The largest absolute Gasteiger partial charge is 0.378 e. The van der Waals surface area contributed by atoms with Gasteiger partial charge in [0, 0.05) is 36.3 Å². The van der Waals surface area contributed by atoms with Gasteiger partial charge in [-0.3, -0.25) is 4.79 Å². The van der Waals surface area contributed by atoms with Crippen molar-refractivity contribution in [1.82, 2.24) is 0 Å². The first-order chi connectivity index (χ1) is 13.3. The van der Waals surface area contributed by atoms with Crippen LogP contribution in [0.4, 0.5) is 11.4 Å².